The molecule has 0 fully saturated rings. The molecule has 0 aliphatic rings. The number of hydrogen-bond donors (Lipinski definition) is 0. The minimum Gasteiger partial charge on any atom is -1.00 e. The van der Waals surface area contributed by atoms with E-state index in [0.717, 1.165) is 0 Å². The minimum absolute atomic E-state index is 0. The van der Waals surface area contributed by atoms with E-state index in [2.05, 4.69) is 4.31 Å². The van der Waals surface area contributed by atoms with Gasteiger partial charge in [-0.2, -0.15) is 0 Å². The molecule has 15 heteroatoms. The normalized spacial score (nSPS) is 8.27. The van der Waals surface area contributed by atoms with Gasteiger partial charge in [-0.25, -0.2) is 0 Å². The zero-order valence-corrected chi connectivity index (χ0v) is 20.9. The van der Waals surface area contributed by atoms with Crippen molar-refractivity contribution in [2.24, 2.45) is 0 Å². The van der Waals surface area contributed by atoms with Crippen molar-refractivity contribution in [2.75, 3.05) is 0 Å². The predicted molar refractivity (Wildman–Crippen MR) is 16.3 cm³/mol. The molecule has 0 aliphatic heterocycles. The van der Waals surface area contributed by atoms with Gasteiger partial charge in [0.05, 0.1) is 15.6 Å². The van der Waals surface area contributed by atoms with Crippen LogP contribution < -0.4 is 172 Å². The molecule has 0 atom stereocenters. The smallest absolute Gasteiger partial charge is 1.00 e. The molecule has 0 aromatic carbocycles. The van der Waals surface area contributed by atoms with E-state index < -0.39 is 15.6 Å². The molecular formula is FNa5O7P2. The first-order chi connectivity index (χ1) is 3.71. The molecular weight excluding hydrogens is 308 g/mol. The zero-order chi connectivity index (χ0) is 7.71. The summed E-state index contributed by atoms with van der Waals surface area (Å²) < 4.78 is 21.2. The molecule has 7 nitrogen and oxygen atoms in total. The van der Waals surface area contributed by atoms with E-state index in [1.807, 2.05) is 0 Å². The summed E-state index contributed by atoms with van der Waals surface area (Å²) in [6.07, 6.45) is 0. The second kappa shape index (κ2) is 19.2. The number of rotatable bonds is 2. The third-order valence-electron chi connectivity index (χ3n) is 0.200. The largest absolute Gasteiger partial charge is 1.00 e. The molecule has 0 amide bonds. The van der Waals surface area contributed by atoms with E-state index in [1.54, 1.807) is 0 Å². The first kappa shape index (κ1) is 42.7. The first-order valence-corrected chi connectivity index (χ1v) is 4.38. The topological polar surface area (TPSA) is 136 Å². The molecule has 0 saturated heterocycles. The number of hydrogen-bond acceptors (Lipinski definition) is 7. The summed E-state index contributed by atoms with van der Waals surface area (Å²) >= 11 is 0. The summed E-state index contributed by atoms with van der Waals surface area (Å²) in [7, 11) is -11.4. The van der Waals surface area contributed by atoms with Crippen LogP contribution in [0.25, 0.3) is 0 Å². The Morgan fingerprint density at radius 1 is 0.667 bits per heavy atom. The van der Waals surface area contributed by atoms with E-state index in [9.17, 15) is 28.7 Å². The van der Waals surface area contributed by atoms with Crippen molar-refractivity contribution in [1.29, 1.82) is 0 Å². The molecule has 0 rings (SSSR count). The summed E-state index contributed by atoms with van der Waals surface area (Å²) in [4.78, 5) is 37.3. The fraction of sp³-hybridized carbons (Fsp3) is 0. The Bertz CT molecular complexity index is 166. The van der Waals surface area contributed by atoms with Crippen molar-refractivity contribution in [1.82, 2.24) is 0 Å². The van der Waals surface area contributed by atoms with E-state index in [1.165, 1.54) is 0 Å². The third kappa shape index (κ3) is 45.3. The molecule has 0 saturated carbocycles. The van der Waals surface area contributed by atoms with Crippen LogP contribution in [0, 0.1) is 0 Å². The molecule has 0 unspecified atom stereocenters. The van der Waals surface area contributed by atoms with Crippen molar-refractivity contribution >= 4 is 15.6 Å². The number of halogens is 1. The number of phosphoric acid groups is 2. The van der Waals surface area contributed by atoms with Crippen LogP contribution in [0.4, 0.5) is 0 Å². The molecule has 0 radical (unpaired) electrons. The van der Waals surface area contributed by atoms with Crippen LogP contribution in [0.3, 0.4) is 0 Å². The van der Waals surface area contributed by atoms with Gasteiger partial charge < -0.3 is 37.7 Å². The summed E-state index contributed by atoms with van der Waals surface area (Å²) in [6.45, 7) is 0. The Hall–Kier alpha value is 5.19. The Morgan fingerprint density at radius 3 is 0.800 bits per heavy atom. The molecule has 0 aromatic rings. The maximum atomic E-state index is 9.32. The van der Waals surface area contributed by atoms with Crippen LogP contribution >= 0.6 is 15.6 Å². The van der Waals surface area contributed by atoms with Crippen molar-refractivity contribution in [3.05, 3.63) is 0 Å². The molecule has 0 aromatic heterocycles. The summed E-state index contributed by atoms with van der Waals surface area (Å²) in [5, 5.41) is 0. The second-order valence-corrected chi connectivity index (χ2v) is 3.42. The van der Waals surface area contributed by atoms with Crippen molar-refractivity contribution < 1.29 is 186 Å². The molecule has 64 valence electrons. The zero-order valence-electron chi connectivity index (χ0n) is 9.13. The van der Waals surface area contributed by atoms with Crippen molar-refractivity contribution in [2.45, 2.75) is 0 Å². The minimum atomic E-state index is -5.68. The fourth-order valence-electron chi connectivity index (χ4n) is 0.122. The van der Waals surface area contributed by atoms with Crippen molar-refractivity contribution in [3.63, 3.8) is 0 Å². The molecule has 0 spiro atoms. The monoisotopic (exact) mass is 308 g/mol. The van der Waals surface area contributed by atoms with Crippen molar-refractivity contribution in [3.8, 4) is 0 Å². The Balaban J connectivity index is -0.0000000213. The van der Waals surface area contributed by atoms with E-state index in [-0.39, 0.29) is 152 Å². The average Bonchev–Trinajstić information content (AvgIpc) is 1.14. The maximum Gasteiger partial charge on any atom is 1.00 e. The van der Waals surface area contributed by atoms with Crippen LogP contribution in [0.2, 0.25) is 0 Å². The summed E-state index contributed by atoms with van der Waals surface area (Å²) in [5.74, 6) is 0. The van der Waals surface area contributed by atoms with Gasteiger partial charge in [-0.1, -0.05) is 0 Å². The van der Waals surface area contributed by atoms with Crippen LogP contribution in [-0.4, -0.2) is 0 Å². The SMILES string of the molecule is O=P([O-])([O-])OP(=O)([O-])[O-].[F-].[Na+].[Na+].[Na+].[Na+].[Na+]. The quantitative estimate of drug-likeness (QED) is 0.365. The van der Waals surface area contributed by atoms with Crippen LogP contribution in [0.15, 0.2) is 0 Å². The molecule has 0 bridgehead atoms. The third-order valence-corrected chi connectivity index (χ3v) is 1.80. The van der Waals surface area contributed by atoms with E-state index in [4.69, 9.17) is 0 Å². The fourth-order valence-corrected chi connectivity index (χ4v) is 1.10. The molecule has 0 heterocycles. The van der Waals surface area contributed by atoms with Gasteiger partial charge in [0.25, 0.3) is 0 Å². The van der Waals surface area contributed by atoms with E-state index in [0.29, 0.717) is 0 Å². The Labute approximate surface area is 197 Å². The average molecular weight is 308 g/mol. The first-order valence-electron chi connectivity index (χ1n) is 1.46. The van der Waals surface area contributed by atoms with Crippen LogP contribution in [-0.2, 0) is 13.4 Å². The van der Waals surface area contributed by atoms with Gasteiger partial charge in [0.1, 0.15) is 0 Å². The standard InChI is InChI=1S/FH.5Na.H4O7P2/c;;;;;;1-8(2,3)7-9(4,5)6/h1H;;;;;;(H2,1,2,3)(H2,4,5,6)/q;5*+1;/p-5. The molecule has 0 aliphatic carbocycles. The second-order valence-electron chi connectivity index (χ2n) is 0.976. The van der Waals surface area contributed by atoms with E-state index >= 15 is 0 Å². The van der Waals surface area contributed by atoms with Crippen LogP contribution in [0.1, 0.15) is 0 Å². The summed E-state index contributed by atoms with van der Waals surface area (Å²) in [6, 6.07) is 0. The van der Waals surface area contributed by atoms with Gasteiger partial charge in [-0.05, 0) is 0 Å². The molecule has 15 heavy (non-hydrogen) atoms. The van der Waals surface area contributed by atoms with Gasteiger partial charge in [-0.15, -0.1) is 0 Å². The molecule has 0 N–H and O–H groups in total. The maximum absolute atomic E-state index is 9.32. The summed E-state index contributed by atoms with van der Waals surface area (Å²) in [5.41, 5.74) is 0. The van der Waals surface area contributed by atoms with Gasteiger partial charge in [0, 0.05) is 0 Å². The Morgan fingerprint density at radius 2 is 0.800 bits per heavy atom. The Kier molecular flexibility index (Phi) is 54.7. The van der Waals surface area contributed by atoms with Gasteiger partial charge in [-0.3, -0.25) is 0 Å². The van der Waals surface area contributed by atoms with Crippen LogP contribution in [0.5, 0.6) is 0 Å². The van der Waals surface area contributed by atoms with Gasteiger partial charge in [0.15, 0.2) is 0 Å². The van der Waals surface area contributed by atoms with Gasteiger partial charge >= 0.3 is 148 Å². The predicted octanol–water partition coefficient (Wildman–Crippen LogP) is -21.3. The van der Waals surface area contributed by atoms with Gasteiger partial charge in [0.2, 0.25) is 0 Å².